The molecule has 0 unspecified atom stereocenters. The van der Waals surface area contributed by atoms with Gasteiger partial charge < -0.3 is 9.57 Å². The van der Waals surface area contributed by atoms with Crippen molar-refractivity contribution >= 4 is 11.6 Å². The van der Waals surface area contributed by atoms with Crippen LogP contribution in [0.3, 0.4) is 0 Å². The highest BCUT2D eigenvalue weighted by atomic mass is 35.5. The van der Waals surface area contributed by atoms with Crippen molar-refractivity contribution in [1.82, 2.24) is 0 Å². The SMILES string of the molecule is COc1cc(Cl)cc(CCON)c1. The Kier molecular flexibility index (Phi) is 4.02. The van der Waals surface area contributed by atoms with E-state index in [4.69, 9.17) is 22.2 Å². The number of rotatable bonds is 4. The Labute approximate surface area is 82.4 Å². The lowest BCUT2D eigenvalue weighted by molar-refractivity contribution is 0.141. The summed E-state index contributed by atoms with van der Waals surface area (Å²) >= 11 is 5.86. The minimum absolute atomic E-state index is 0.476. The standard InChI is InChI=1S/C9H12ClNO2/c1-12-9-5-7(2-3-13-11)4-8(10)6-9/h4-6H,2-3,11H2,1H3. The van der Waals surface area contributed by atoms with Crippen LogP contribution in [-0.4, -0.2) is 13.7 Å². The van der Waals surface area contributed by atoms with Crippen molar-refractivity contribution in [3.8, 4) is 5.75 Å². The van der Waals surface area contributed by atoms with Crippen molar-refractivity contribution in [2.24, 2.45) is 5.90 Å². The number of benzene rings is 1. The van der Waals surface area contributed by atoms with E-state index in [9.17, 15) is 0 Å². The fraction of sp³-hybridized carbons (Fsp3) is 0.333. The molecular formula is C9H12ClNO2. The molecule has 0 spiro atoms. The molecule has 0 heterocycles. The lowest BCUT2D eigenvalue weighted by Gasteiger charge is -2.04. The first kappa shape index (κ1) is 10.3. The van der Waals surface area contributed by atoms with Crippen LogP contribution in [0.25, 0.3) is 0 Å². The molecule has 0 amide bonds. The van der Waals surface area contributed by atoms with Crippen LogP contribution in [0.5, 0.6) is 5.75 Å². The zero-order valence-corrected chi connectivity index (χ0v) is 8.17. The smallest absolute Gasteiger partial charge is 0.120 e. The van der Waals surface area contributed by atoms with E-state index in [2.05, 4.69) is 4.84 Å². The Balaban J connectivity index is 2.76. The largest absolute Gasteiger partial charge is 0.497 e. The lowest BCUT2D eigenvalue weighted by Crippen LogP contribution is -2.03. The summed E-state index contributed by atoms with van der Waals surface area (Å²) in [6.07, 6.45) is 0.730. The normalized spacial score (nSPS) is 10.1. The van der Waals surface area contributed by atoms with E-state index in [1.807, 2.05) is 12.1 Å². The topological polar surface area (TPSA) is 44.5 Å². The van der Waals surface area contributed by atoms with Gasteiger partial charge in [-0.3, -0.25) is 0 Å². The molecule has 0 aliphatic rings. The summed E-state index contributed by atoms with van der Waals surface area (Å²) in [5, 5.41) is 0.659. The van der Waals surface area contributed by atoms with Crippen molar-refractivity contribution in [2.45, 2.75) is 6.42 Å². The van der Waals surface area contributed by atoms with Crippen molar-refractivity contribution in [3.63, 3.8) is 0 Å². The van der Waals surface area contributed by atoms with E-state index < -0.39 is 0 Å². The molecule has 0 fully saturated rings. The third-order valence-corrected chi connectivity index (χ3v) is 1.89. The van der Waals surface area contributed by atoms with Crippen LogP contribution >= 0.6 is 11.6 Å². The van der Waals surface area contributed by atoms with E-state index in [-0.39, 0.29) is 0 Å². The Morgan fingerprint density at radius 3 is 2.77 bits per heavy atom. The molecular weight excluding hydrogens is 190 g/mol. The zero-order chi connectivity index (χ0) is 9.68. The summed E-state index contributed by atoms with van der Waals surface area (Å²) in [5.74, 6) is 5.67. The van der Waals surface area contributed by atoms with Gasteiger partial charge in [0.25, 0.3) is 0 Å². The van der Waals surface area contributed by atoms with E-state index in [1.165, 1.54) is 0 Å². The van der Waals surface area contributed by atoms with Crippen LogP contribution in [0, 0.1) is 0 Å². The maximum atomic E-state index is 5.86. The Morgan fingerprint density at radius 1 is 1.38 bits per heavy atom. The van der Waals surface area contributed by atoms with Crippen LogP contribution in [0.4, 0.5) is 0 Å². The molecule has 0 aliphatic carbocycles. The van der Waals surface area contributed by atoms with E-state index in [1.54, 1.807) is 13.2 Å². The van der Waals surface area contributed by atoms with Crippen molar-refractivity contribution in [1.29, 1.82) is 0 Å². The Bertz CT molecular complexity index is 278. The van der Waals surface area contributed by atoms with Crippen LogP contribution in [-0.2, 0) is 11.3 Å². The van der Waals surface area contributed by atoms with Crippen molar-refractivity contribution in [2.75, 3.05) is 13.7 Å². The summed E-state index contributed by atoms with van der Waals surface area (Å²) in [6, 6.07) is 5.53. The second-order valence-electron chi connectivity index (χ2n) is 2.62. The second-order valence-corrected chi connectivity index (χ2v) is 3.06. The monoisotopic (exact) mass is 201 g/mol. The molecule has 1 aromatic rings. The van der Waals surface area contributed by atoms with Gasteiger partial charge in [-0.05, 0) is 30.2 Å². The average molecular weight is 202 g/mol. The van der Waals surface area contributed by atoms with Gasteiger partial charge in [-0.25, -0.2) is 5.90 Å². The van der Waals surface area contributed by atoms with E-state index in [0.717, 1.165) is 17.7 Å². The molecule has 4 heteroatoms. The van der Waals surface area contributed by atoms with E-state index >= 15 is 0 Å². The quantitative estimate of drug-likeness (QED) is 0.756. The van der Waals surface area contributed by atoms with Gasteiger partial charge in [0, 0.05) is 5.02 Å². The van der Waals surface area contributed by atoms with Gasteiger partial charge >= 0.3 is 0 Å². The Morgan fingerprint density at radius 2 is 2.15 bits per heavy atom. The Hall–Kier alpha value is -0.770. The number of hydrogen-bond acceptors (Lipinski definition) is 3. The highest BCUT2D eigenvalue weighted by Crippen LogP contribution is 2.20. The molecule has 0 aromatic heterocycles. The summed E-state index contributed by atoms with van der Waals surface area (Å²) in [7, 11) is 1.61. The average Bonchev–Trinajstić information content (AvgIpc) is 2.14. The zero-order valence-electron chi connectivity index (χ0n) is 7.42. The predicted molar refractivity (Wildman–Crippen MR) is 51.8 cm³/mol. The molecule has 3 nitrogen and oxygen atoms in total. The minimum atomic E-state index is 0.476. The second kappa shape index (κ2) is 5.07. The predicted octanol–water partition coefficient (Wildman–Crippen LogP) is 1.78. The maximum Gasteiger partial charge on any atom is 0.120 e. The highest BCUT2D eigenvalue weighted by Gasteiger charge is 1.99. The third-order valence-electron chi connectivity index (χ3n) is 1.68. The molecule has 2 N–H and O–H groups in total. The summed E-state index contributed by atoms with van der Waals surface area (Å²) < 4.78 is 5.06. The maximum absolute atomic E-state index is 5.86. The van der Waals surface area contributed by atoms with Gasteiger partial charge in [0.15, 0.2) is 0 Å². The fourth-order valence-corrected chi connectivity index (χ4v) is 1.31. The molecule has 0 saturated carbocycles. The molecule has 0 bridgehead atoms. The van der Waals surface area contributed by atoms with Crippen LogP contribution in [0.2, 0.25) is 5.02 Å². The number of methoxy groups -OCH3 is 1. The summed E-state index contributed by atoms with van der Waals surface area (Å²) in [5.41, 5.74) is 1.05. The van der Waals surface area contributed by atoms with Crippen molar-refractivity contribution < 1.29 is 9.57 Å². The molecule has 13 heavy (non-hydrogen) atoms. The summed E-state index contributed by atoms with van der Waals surface area (Å²) in [6.45, 7) is 0.476. The molecule has 1 rings (SSSR count). The van der Waals surface area contributed by atoms with Crippen molar-refractivity contribution in [3.05, 3.63) is 28.8 Å². The van der Waals surface area contributed by atoms with Gasteiger partial charge in [-0.2, -0.15) is 0 Å². The van der Waals surface area contributed by atoms with Gasteiger partial charge in [-0.1, -0.05) is 11.6 Å². The number of nitrogens with two attached hydrogens (primary N) is 1. The van der Waals surface area contributed by atoms with Crippen LogP contribution < -0.4 is 10.6 Å². The molecule has 1 aromatic carbocycles. The van der Waals surface area contributed by atoms with Crippen LogP contribution in [0.1, 0.15) is 5.56 Å². The van der Waals surface area contributed by atoms with Gasteiger partial charge in [-0.15, -0.1) is 0 Å². The van der Waals surface area contributed by atoms with Crippen LogP contribution in [0.15, 0.2) is 18.2 Å². The minimum Gasteiger partial charge on any atom is -0.497 e. The molecule has 0 radical (unpaired) electrons. The molecule has 0 saturated heterocycles. The molecule has 0 aliphatic heterocycles. The first-order valence-corrected chi connectivity index (χ1v) is 4.29. The summed E-state index contributed by atoms with van der Waals surface area (Å²) in [4.78, 5) is 4.48. The van der Waals surface area contributed by atoms with E-state index in [0.29, 0.717) is 11.6 Å². The van der Waals surface area contributed by atoms with Gasteiger partial charge in [0.2, 0.25) is 0 Å². The first-order valence-electron chi connectivity index (χ1n) is 3.91. The third kappa shape index (κ3) is 3.22. The molecule has 72 valence electrons. The number of hydrogen-bond donors (Lipinski definition) is 1. The van der Waals surface area contributed by atoms with Gasteiger partial charge in [0.05, 0.1) is 13.7 Å². The molecule has 0 atom stereocenters. The van der Waals surface area contributed by atoms with Gasteiger partial charge in [0.1, 0.15) is 5.75 Å². The number of ether oxygens (including phenoxy) is 1. The first-order chi connectivity index (χ1) is 6.26. The number of halogens is 1. The lowest BCUT2D eigenvalue weighted by atomic mass is 10.1. The fourth-order valence-electron chi connectivity index (χ4n) is 1.06. The highest BCUT2D eigenvalue weighted by molar-refractivity contribution is 6.30.